The van der Waals surface area contributed by atoms with Crippen molar-refractivity contribution >= 4 is 5.91 Å². The largest absolute Gasteiger partial charge is 0.454 e. The normalized spacial score (nSPS) is 24.7. The van der Waals surface area contributed by atoms with Gasteiger partial charge in [0.15, 0.2) is 11.5 Å². The molecule has 2 N–H and O–H groups in total. The second-order valence-electron chi connectivity index (χ2n) is 7.19. The topological polar surface area (TPSA) is 68.8 Å². The fraction of sp³-hybridized carbons (Fsp3) is 0.632. The fourth-order valence-electron chi connectivity index (χ4n) is 4.13. The predicted octanol–water partition coefficient (Wildman–Crippen LogP) is 1.72. The Morgan fingerprint density at radius 1 is 1.20 bits per heavy atom. The highest BCUT2D eigenvalue weighted by Crippen LogP contribution is 2.43. The van der Waals surface area contributed by atoms with Gasteiger partial charge in [0.2, 0.25) is 12.7 Å². The fourth-order valence-corrected chi connectivity index (χ4v) is 4.13. The molecular formula is C19H26N2O4. The van der Waals surface area contributed by atoms with Gasteiger partial charge in [0.25, 0.3) is 0 Å². The van der Waals surface area contributed by atoms with Gasteiger partial charge >= 0.3 is 0 Å². The van der Waals surface area contributed by atoms with Crippen LogP contribution in [0.3, 0.4) is 0 Å². The lowest BCUT2D eigenvalue weighted by Crippen LogP contribution is -2.51. The van der Waals surface area contributed by atoms with E-state index in [9.17, 15) is 4.79 Å². The van der Waals surface area contributed by atoms with E-state index < -0.39 is 0 Å². The number of carbonyl (C=O) groups is 1. The van der Waals surface area contributed by atoms with E-state index in [1.54, 1.807) is 0 Å². The van der Waals surface area contributed by atoms with Crippen LogP contribution in [-0.2, 0) is 14.9 Å². The van der Waals surface area contributed by atoms with Gasteiger partial charge in [-0.25, -0.2) is 0 Å². The molecule has 6 nitrogen and oxygen atoms in total. The molecule has 1 aromatic carbocycles. The second kappa shape index (κ2) is 7.22. The average Bonchev–Trinajstić information content (AvgIpc) is 3.15. The van der Waals surface area contributed by atoms with Crippen molar-refractivity contribution in [3.8, 4) is 11.5 Å². The van der Waals surface area contributed by atoms with Gasteiger partial charge < -0.3 is 24.8 Å². The molecule has 4 rings (SSSR count). The minimum atomic E-state index is -0.383. The minimum absolute atomic E-state index is 0.0158. The first-order chi connectivity index (χ1) is 12.3. The lowest BCUT2D eigenvalue weighted by molar-refractivity contribution is -0.134. The third-order valence-corrected chi connectivity index (χ3v) is 5.62. The van der Waals surface area contributed by atoms with Gasteiger partial charge in [0.05, 0.1) is 6.61 Å². The van der Waals surface area contributed by atoms with E-state index in [2.05, 4.69) is 22.8 Å². The Bertz CT molecular complexity index is 622. The number of carbonyl (C=O) groups excluding carboxylic acids is 1. The van der Waals surface area contributed by atoms with Crippen molar-refractivity contribution in [3.63, 3.8) is 0 Å². The molecule has 1 aromatic rings. The summed E-state index contributed by atoms with van der Waals surface area (Å²) in [7, 11) is 0. The number of amides is 1. The Balaban J connectivity index is 1.50. The van der Waals surface area contributed by atoms with Crippen molar-refractivity contribution in [2.24, 2.45) is 0 Å². The zero-order valence-corrected chi connectivity index (χ0v) is 14.5. The first-order valence-corrected chi connectivity index (χ1v) is 9.27. The molecule has 1 amide bonds. The van der Waals surface area contributed by atoms with Crippen LogP contribution >= 0.6 is 0 Å². The number of nitrogens with one attached hydrogen (secondary N) is 2. The highest BCUT2D eigenvalue weighted by molar-refractivity contribution is 5.81. The van der Waals surface area contributed by atoms with Crippen molar-refractivity contribution in [2.75, 3.05) is 33.0 Å². The molecule has 1 aliphatic carbocycles. The molecule has 1 atom stereocenters. The van der Waals surface area contributed by atoms with E-state index in [1.165, 1.54) is 24.8 Å². The summed E-state index contributed by atoms with van der Waals surface area (Å²) in [4.78, 5) is 12.5. The van der Waals surface area contributed by atoms with Crippen molar-refractivity contribution in [3.05, 3.63) is 23.8 Å². The Labute approximate surface area is 148 Å². The highest BCUT2D eigenvalue weighted by Gasteiger charge is 2.36. The predicted molar refractivity (Wildman–Crippen MR) is 92.9 cm³/mol. The minimum Gasteiger partial charge on any atom is -0.454 e. The Morgan fingerprint density at radius 3 is 2.84 bits per heavy atom. The molecule has 1 saturated heterocycles. The molecule has 0 aromatic heterocycles. The Kier molecular flexibility index (Phi) is 4.81. The van der Waals surface area contributed by atoms with Crippen LogP contribution in [0.25, 0.3) is 0 Å². The van der Waals surface area contributed by atoms with E-state index >= 15 is 0 Å². The van der Waals surface area contributed by atoms with E-state index in [1.807, 2.05) is 6.07 Å². The molecule has 2 fully saturated rings. The third kappa shape index (κ3) is 3.46. The van der Waals surface area contributed by atoms with E-state index in [-0.39, 0.29) is 24.2 Å². The van der Waals surface area contributed by atoms with Crippen LogP contribution in [0.5, 0.6) is 11.5 Å². The quantitative estimate of drug-likeness (QED) is 0.869. The molecule has 136 valence electrons. The molecule has 0 spiro atoms. The Morgan fingerprint density at radius 2 is 2.04 bits per heavy atom. The van der Waals surface area contributed by atoms with Crippen LogP contribution in [-0.4, -0.2) is 45.0 Å². The number of fused-ring (bicyclic) bond motifs is 1. The summed E-state index contributed by atoms with van der Waals surface area (Å²) in [6.45, 7) is 2.92. The van der Waals surface area contributed by atoms with Crippen LogP contribution in [0.1, 0.15) is 37.7 Å². The summed E-state index contributed by atoms with van der Waals surface area (Å²) in [5.74, 6) is 1.60. The van der Waals surface area contributed by atoms with Gasteiger partial charge in [-0.3, -0.25) is 4.79 Å². The summed E-state index contributed by atoms with van der Waals surface area (Å²) >= 11 is 0. The maximum atomic E-state index is 12.5. The SMILES string of the molecule is O=C(NCC1(c2ccc3c(c2)OCO3)CCCCC1)C1CNCCO1. The van der Waals surface area contributed by atoms with Crippen LogP contribution in [0.2, 0.25) is 0 Å². The highest BCUT2D eigenvalue weighted by atomic mass is 16.7. The first-order valence-electron chi connectivity index (χ1n) is 9.27. The van der Waals surface area contributed by atoms with Crippen molar-refractivity contribution in [1.82, 2.24) is 10.6 Å². The summed E-state index contributed by atoms with van der Waals surface area (Å²) in [6.07, 6.45) is 5.41. The molecule has 25 heavy (non-hydrogen) atoms. The molecule has 1 unspecified atom stereocenters. The molecule has 3 aliphatic rings. The number of benzene rings is 1. The lowest BCUT2D eigenvalue weighted by atomic mass is 9.69. The molecule has 2 heterocycles. The van der Waals surface area contributed by atoms with Gasteiger partial charge in [0.1, 0.15) is 6.10 Å². The van der Waals surface area contributed by atoms with E-state index in [4.69, 9.17) is 14.2 Å². The molecule has 2 aliphatic heterocycles. The van der Waals surface area contributed by atoms with Crippen molar-refractivity contribution < 1.29 is 19.0 Å². The summed E-state index contributed by atoms with van der Waals surface area (Å²) in [5, 5.41) is 6.36. The maximum Gasteiger partial charge on any atom is 0.250 e. The molecule has 6 heteroatoms. The second-order valence-corrected chi connectivity index (χ2v) is 7.19. The molecule has 0 bridgehead atoms. The summed E-state index contributed by atoms with van der Waals surface area (Å²) in [6, 6.07) is 6.21. The smallest absolute Gasteiger partial charge is 0.250 e. The van der Waals surface area contributed by atoms with Gasteiger partial charge in [-0.1, -0.05) is 25.3 Å². The van der Waals surface area contributed by atoms with Crippen LogP contribution in [0.15, 0.2) is 18.2 Å². The zero-order valence-electron chi connectivity index (χ0n) is 14.5. The Hall–Kier alpha value is -1.79. The van der Waals surface area contributed by atoms with Gasteiger partial charge in [-0.2, -0.15) is 0 Å². The number of hydrogen-bond donors (Lipinski definition) is 2. The van der Waals surface area contributed by atoms with Crippen LogP contribution in [0.4, 0.5) is 0 Å². The molecule has 1 saturated carbocycles. The maximum absolute atomic E-state index is 12.5. The summed E-state index contributed by atoms with van der Waals surface area (Å²) in [5.41, 5.74) is 1.20. The summed E-state index contributed by atoms with van der Waals surface area (Å²) < 4.78 is 16.6. The van der Waals surface area contributed by atoms with Crippen LogP contribution < -0.4 is 20.1 Å². The molecule has 0 radical (unpaired) electrons. The van der Waals surface area contributed by atoms with Gasteiger partial charge in [-0.15, -0.1) is 0 Å². The average molecular weight is 346 g/mol. The molecular weight excluding hydrogens is 320 g/mol. The zero-order chi connectivity index (χ0) is 17.1. The standard InChI is InChI=1S/C19H26N2O4/c22-18(17-11-20-8-9-23-17)21-12-19(6-2-1-3-7-19)14-4-5-15-16(10-14)25-13-24-15/h4-5,10,17,20H,1-3,6-9,11-13H2,(H,21,22). The monoisotopic (exact) mass is 346 g/mol. The number of morpholine rings is 1. The number of rotatable bonds is 4. The van der Waals surface area contributed by atoms with E-state index in [0.717, 1.165) is 30.9 Å². The lowest BCUT2D eigenvalue weighted by Gasteiger charge is -2.38. The van der Waals surface area contributed by atoms with Gasteiger partial charge in [-0.05, 0) is 30.5 Å². The van der Waals surface area contributed by atoms with Crippen molar-refractivity contribution in [2.45, 2.75) is 43.6 Å². The van der Waals surface area contributed by atoms with Crippen LogP contribution in [0, 0.1) is 0 Å². The van der Waals surface area contributed by atoms with Gasteiger partial charge in [0, 0.05) is 25.0 Å². The number of ether oxygens (including phenoxy) is 3. The number of hydrogen-bond acceptors (Lipinski definition) is 5. The van der Waals surface area contributed by atoms with Crippen molar-refractivity contribution in [1.29, 1.82) is 0 Å². The third-order valence-electron chi connectivity index (χ3n) is 5.62. The first kappa shape index (κ1) is 16.7. The van der Waals surface area contributed by atoms with E-state index in [0.29, 0.717) is 19.7 Å².